The molecule has 0 saturated heterocycles. The zero-order valence-electron chi connectivity index (χ0n) is 14.5. The third-order valence-corrected chi connectivity index (χ3v) is 4.58. The second-order valence-electron chi connectivity index (χ2n) is 6.30. The summed E-state index contributed by atoms with van der Waals surface area (Å²) in [5, 5.41) is 4.14. The molecule has 1 aliphatic heterocycles. The third kappa shape index (κ3) is 3.18. The van der Waals surface area contributed by atoms with Crippen LogP contribution in [0.2, 0.25) is 0 Å². The topological polar surface area (TPSA) is 68.5 Å². The Balaban J connectivity index is 1.50. The summed E-state index contributed by atoms with van der Waals surface area (Å²) in [6.45, 7) is 3.35. The predicted octanol–water partition coefficient (Wildman–Crippen LogP) is 3.16. The van der Waals surface area contributed by atoms with Crippen molar-refractivity contribution in [2.75, 3.05) is 6.54 Å². The van der Waals surface area contributed by atoms with Gasteiger partial charge in [-0.25, -0.2) is 0 Å². The smallest absolute Gasteiger partial charge is 0.254 e. The molecule has 0 N–H and O–H groups in total. The second-order valence-corrected chi connectivity index (χ2v) is 6.30. The lowest BCUT2D eigenvalue weighted by Gasteiger charge is -2.27. The van der Waals surface area contributed by atoms with Crippen molar-refractivity contribution in [1.82, 2.24) is 15.0 Å². The molecule has 4 rings (SSSR count). The van der Waals surface area contributed by atoms with E-state index < -0.39 is 0 Å². The van der Waals surface area contributed by atoms with Crippen molar-refractivity contribution in [2.45, 2.75) is 26.5 Å². The predicted molar refractivity (Wildman–Crippen MR) is 94.7 cm³/mol. The molecule has 2 aromatic heterocycles. The maximum Gasteiger partial charge on any atom is 0.254 e. The summed E-state index contributed by atoms with van der Waals surface area (Å²) < 4.78 is 11.2. The zero-order chi connectivity index (χ0) is 17.9. The molecule has 3 heterocycles. The van der Waals surface area contributed by atoms with Crippen molar-refractivity contribution in [2.24, 2.45) is 0 Å². The highest BCUT2D eigenvalue weighted by Gasteiger charge is 2.28. The average Bonchev–Trinajstić information content (AvgIpc) is 3.09. The first-order valence-electron chi connectivity index (χ1n) is 8.56. The minimum absolute atomic E-state index is 0.0362. The molecular weight excluding hydrogens is 330 g/mol. The molecule has 0 saturated carbocycles. The highest BCUT2D eigenvalue weighted by atomic mass is 16.5. The first kappa shape index (κ1) is 16.3. The van der Waals surface area contributed by atoms with E-state index >= 15 is 0 Å². The number of carbonyl (C=O) groups excluding carboxylic acids is 1. The maximum atomic E-state index is 12.9. The van der Waals surface area contributed by atoms with E-state index in [1.165, 1.54) is 0 Å². The monoisotopic (exact) mass is 349 g/mol. The Hall–Kier alpha value is -3.15. The first-order valence-corrected chi connectivity index (χ1v) is 8.56. The summed E-state index contributed by atoms with van der Waals surface area (Å²) in [5.41, 5.74) is 3.39. The van der Waals surface area contributed by atoms with Crippen LogP contribution in [0.15, 0.2) is 53.3 Å². The van der Waals surface area contributed by atoms with Crippen molar-refractivity contribution in [1.29, 1.82) is 0 Å². The van der Waals surface area contributed by atoms with Gasteiger partial charge in [-0.1, -0.05) is 23.4 Å². The lowest BCUT2D eigenvalue weighted by Crippen LogP contribution is -2.36. The molecule has 132 valence electrons. The number of hydrogen-bond acceptors (Lipinski definition) is 5. The van der Waals surface area contributed by atoms with Gasteiger partial charge in [-0.05, 0) is 30.7 Å². The Bertz CT molecular complexity index is 921. The molecule has 6 heteroatoms. The SMILES string of the molecule is Cc1ccccc1C(=O)N1CCc2onc(COc3cccnc3)c2C1. The van der Waals surface area contributed by atoms with Gasteiger partial charge in [0.05, 0.1) is 12.7 Å². The van der Waals surface area contributed by atoms with Crippen LogP contribution in [-0.2, 0) is 19.6 Å². The van der Waals surface area contributed by atoms with Gasteiger partial charge in [0.1, 0.15) is 23.8 Å². The quantitative estimate of drug-likeness (QED) is 0.724. The van der Waals surface area contributed by atoms with E-state index in [2.05, 4.69) is 10.1 Å². The van der Waals surface area contributed by atoms with Gasteiger partial charge >= 0.3 is 0 Å². The average molecular weight is 349 g/mol. The van der Waals surface area contributed by atoms with E-state index in [4.69, 9.17) is 9.26 Å². The van der Waals surface area contributed by atoms with Crippen LogP contribution in [0.25, 0.3) is 0 Å². The molecule has 26 heavy (non-hydrogen) atoms. The van der Waals surface area contributed by atoms with Gasteiger partial charge in [0.15, 0.2) is 0 Å². The van der Waals surface area contributed by atoms with Crippen LogP contribution in [-0.4, -0.2) is 27.5 Å². The Morgan fingerprint density at radius 1 is 1.27 bits per heavy atom. The lowest BCUT2D eigenvalue weighted by molar-refractivity contribution is 0.0727. The van der Waals surface area contributed by atoms with Crippen molar-refractivity contribution in [3.63, 3.8) is 0 Å². The second kappa shape index (κ2) is 7.00. The number of fused-ring (bicyclic) bond motifs is 1. The van der Waals surface area contributed by atoms with E-state index in [1.807, 2.05) is 48.2 Å². The van der Waals surface area contributed by atoms with Crippen molar-refractivity contribution < 1.29 is 14.1 Å². The lowest BCUT2D eigenvalue weighted by atomic mass is 10.0. The van der Waals surface area contributed by atoms with E-state index in [1.54, 1.807) is 12.4 Å². The van der Waals surface area contributed by atoms with Crippen molar-refractivity contribution in [3.8, 4) is 5.75 Å². The molecule has 3 aromatic rings. The van der Waals surface area contributed by atoms with Crippen molar-refractivity contribution >= 4 is 5.91 Å². The standard InChI is InChI=1S/C20H19N3O3/c1-14-5-2-3-7-16(14)20(24)23-10-8-19-17(12-23)18(22-26-19)13-25-15-6-4-9-21-11-15/h2-7,9,11H,8,10,12-13H2,1H3. The number of hydrogen-bond donors (Lipinski definition) is 0. The number of ether oxygens (including phenoxy) is 1. The van der Waals surface area contributed by atoms with Gasteiger partial charge in [-0.3, -0.25) is 9.78 Å². The number of rotatable bonds is 4. The van der Waals surface area contributed by atoms with Gasteiger partial charge in [0.25, 0.3) is 5.91 Å². The molecule has 0 aliphatic carbocycles. The fraction of sp³-hybridized carbons (Fsp3) is 0.250. The zero-order valence-corrected chi connectivity index (χ0v) is 14.5. The summed E-state index contributed by atoms with van der Waals surface area (Å²) >= 11 is 0. The largest absolute Gasteiger partial charge is 0.486 e. The Kier molecular flexibility index (Phi) is 4.39. The van der Waals surface area contributed by atoms with E-state index in [9.17, 15) is 4.79 Å². The normalized spacial score (nSPS) is 13.3. The number of benzene rings is 1. The van der Waals surface area contributed by atoms with Gasteiger partial charge in [-0.2, -0.15) is 0 Å². The van der Waals surface area contributed by atoms with E-state index in [0.29, 0.717) is 25.3 Å². The van der Waals surface area contributed by atoms with Crippen LogP contribution in [0.4, 0.5) is 0 Å². The minimum atomic E-state index is 0.0362. The summed E-state index contributed by atoms with van der Waals surface area (Å²) in [6, 6.07) is 11.3. The van der Waals surface area contributed by atoms with E-state index in [-0.39, 0.29) is 12.5 Å². The molecule has 0 spiro atoms. The molecule has 0 atom stereocenters. The van der Waals surface area contributed by atoms with Gasteiger partial charge in [0.2, 0.25) is 0 Å². The molecule has 0 radical (unpaired) electrons. The molecule has 0 bridgehead atoms. The van der Waals surface area contributed by atoms with Gasteiger partial charge in [-0.15, -0.1) is 0 Å². The Labute approximate surface area is 151 Å². The summed E-state index contributed by atoms with van der Waals surface area (Å²) in [4.78, 5) is 18.7. The molecule has 0 fully saturated rings. The third-order valence-electron chi connectivity index (χ3n) is 4.58. The van der Waals surface area contributed by atoms with E-state index in [0.717, 1.165) is 28.1 Å². The number of aryl methyl sites for hydroxylation is 1. The maximum absolute atomic E-state index is 12.9. The highest BCUT2D eigenvalue weighted by Crippen LogP contribution is 2.25. The Morgan fingerprint density at radius 3 is 2.96 bits per heavy atom. The van der Waals surface area contributed by atoms with Crippen LogP contribution in [0.5, 0.6) is 5.75 Å². The molecule has 6 nitrogen and oxygen atoms in total. The fourth-order valence-electron chi connectivity index (χ4n) is 3.12. The molecule has 1 aliphatic rings. The van der Waals surface area contributed by atoms with Crippen LogP contribution >= 0.6 is 0 Å². The van der Waals surface area contributed by atoms with Crippen LogP contribution in [0, 0.1) is 6.92 Å². The van der Waals surface area contributed by atoms with Gasteiger partial charge in [0, 0.05) is 30.3 Å². The summed E-state index contributed by atoms with van der Waals surface area (Å²) in [5.74, 6) is 1.55. The number of pyridine rings is 1. The fourth-order valence-corrected chi connectivity index (χ4v) is 3.12. The van der Waals surface area contributed by atoms with Gasteiger partial charge < -0.3 is 14.2 Å². The minimum Gasteiger partial charge on any atom is -0.486 e. The van der Waals surface area contributed by atoms with Crippen LogP contribution < -0.4 is 4.74 Å². The highest BCUT2D eigenvalue weighted by molar-refractivity contribution is 5.95. The molecule has 0 unspecified atom stereocenters. The molecule has 1 aromatic carbocycles. The molecule has 1 amide bonds. The number of aromatic nitrogens is 2. The molecular formula is C20H19N3O3. The first-order chi connectivity index (χ1) is 12.7. The number of carbonyl (C=O) groups is 1. The Morgan fingerprint density at radius 2 is 2.15 bits per heavy atom. The van der Waals surface area contributed by atoms with Crippen LogP contribution in [0.1, 0.15) is 32.9 Å². The summed E-state index contributed by atoms with van der Waals surface area (Å²) in [6.07, 6.45) is 4.01. The summed E-state index contributed by atoms with van der Waals surface area (Å²) in [7, 11) is 0. The number of nitrogens with zero attached hydrogens (tertiary/aromatic N) is 3. The van der Waals surface area contributed by atoms with Crippen molar-refractivity contribution in [3.05, 3.63) is 76.9 Å². The number of amides is 1. The van der Waals surface area contributed by atoms with Crippen LogP contribution in [0.3, 0.4) is 0 Å².